The molecule has 0 saturated heterocycles. The van der Waals surface area contributed by atoms with Crippen LogP contribution in [0, 0.1) is 6.92 Å². The third-order valence-corrected chi connectivity index (χ3v) is 7.57. The molecular weight excluding hydrogens is 497 g/mol. The quantitative estimate of drug-likeness (QED) is 0.345. The highest BCUT2D eigenvalue weighted by Crippen LogP contribution is 2.41. The number of aromatic nitrogens is 2. The number of benzene rings is 2. The van der Waals surface area contributed by atoms with E-state index >= 15 is 0 Å². The van der Waals surface area contributed by atoms with Crippen LogP contribution in [0.5, 0.6) is 5.75 Å². The van der Waals surface area contributed by atoms with E-state index in [0.717, 1.165) is 17.0 Å². The minimum atomic E-state index is -4.69. The Labute approximate surface area is 196 Å². The lowest BCUT2D eigenvalue weighted by Crippen LogP contribution is -2.07. The maximum absolute atomic E-state index is 13.5. The Hall–Kier alpha value is -2.82. The van der Waals surface area contributed by atoms with E-state index in [1.807, 2.05) is 0 Å². The zero-order chi connectivity index (χ0) is 24.1. The van der Waals surface area contributed by atoms with Gasteiger partial charge in [-0.1, -0.05) is 29.8 Å². The van der Waals surface area contributed by atoms with Gasteiger partial charge >= 0.3 is 6.18 Å². The standard InChI is InChI=1S/C22H16ClF3N2O3S2/c1-12-6-7-15(20(23)21(12)29)28-16(11-19(27-28)22(24,25)26)18-9-8-17(32-18)13-4-3-5-14(10-13)33(2,30)31/h3-11,29H,1-2H3. The highest BCUT2D eigenvalue weighted by atomic mass is 35.5. The summed E-state index contributed by atoms with van der Waals surface area (Å²) in [6.07, 6.45) is -3.59. The zero-order valence-corrected chi connectivity index (χ0v) is 19.6. The van der Waals surface area contributed by atoms with Gasteiger partial charge in [0.1, 0.15) is 10.8 Å². The molecule has 2 aromatic carbocycles. The lowest BCUT2D eigenvalue weighted by molar-refractivity contribution is -0.141. The number of sulfone groups is 1. The summed E-state index contributed by atoms with van der Waals surface area (Å²) >= 11 is 7.41. The number of phenols is 1. The molecular formula is C22H16ClF3N2O3S2. The minimum Gasteiger partial charge on any atom is -0.506 e. The van der Waals surface area contributed by atoms with Crippen LogP contribution in [0.4, 0.5) is 13.2 Å². The summed E-state index contributed by atoms with van der Waals surface area (Å²) in [5.74, 6) is -0.242. The molecule has 11 heteroatoms. The van der Waals surface area contributed by atoms with Gasteiger partial charge in [0.25, 0.3) is 0 Å². The first-order chi connectivity index (χ1) is 15.4. The lowest BCUT2D eigenvalue weighted by Gasteiger charge is -2.11. The third-order valence-electron chi connectivity index (χ3n) is 4.93. The molecule has 4 aromatic rings. The summed E-state index contributed by atoms with van der Waals surface area (Å²) in [6, 6.07) is 13.6. The Bertz CT molecular complexity index is 1470. The molecule has 0 unspecified atom stereocenters. The monoisotopic (exact) mass is 512 g/mol. The van der Waals surface area contributed by atoms with Gasteiger partial charge in [-0.25, -0.2) is 13.1 Å². The predicted molar refractivity (Wildman–Crippen MR) is 122 cm³/mol. The van der Waals surface area contributed by atoms with Crippen molar-refractivity contribution in [2.45, 2.75) is 18.0 Å². The summed E-state index contributed by atoms with van der Waals surface area (Å²) in [5, 5.41) is 13.8. The SMILES string of the molecule is Cc1ccc(-n2nc(C(F)(F)F)cc2-c2ccc(-c3cccc(S(C)(=O)=O)c3)s2)c(Cl)c1O. The lowest BCUT2D eigenvalue weighted by atomic mass is 10.2. The minimum absolute atomic E-state index is 0.0966. The molecule has 4 rings (SSSR count). The van der Waals surface area contributed by atoms with Gasteiger partial charge < -0.3 is 5.11 Å². The molecule has 2 heterocycles. The van der Waals surface area contributed by atoms with Gasteiger partial charge in [-0.05, 0) is 54.4 Å². The molecule has 0 saturated carbocycles. The molecule has 0 amide bonds. The Kier molecular flexibility index (Phi) is 5.80. The molecule has 0 atom stereocenters. The van der Waals surface area contributed by atoms with Crippen molar-refractivity contribution >= 4 is 32.8 Å². The number of rotatable bonds is 4. The number of aromatic hydroxyl groups is 1. The van der Waals surface area contributed by atoms with Gasteiger partial charge in [-0.15, -0.1) is 11.3 Å². The van der Waals surface area contributed by atoms with Crippen molar-refractivity contribution in [3.63, 3.8) is 0 Å². The van der Waals surface area contributed by atoms with Gasteiger partial charge in [0.05, 0.1) is 21.2 Å². The van der Waals surface area contributed by atoms with E-state index in [-0.39, 0.29) is 27.0 Å². The second-order valence-corrected chi connectivity index (χ2v) is 10.8. The smallest absolute Gasteiger partial charge is 0.435 e. The second kappa shape index (κ2) is 8.19. The van der Waals surface area contributed by atoms with Crippen molar-refractivity contribution < 1.29 is 26.7 Å². The van der Waals surface area contributed by atoms with Gasteiger partial charge in [0, 0.05) is 11.1 Å². The Morgan fingerprint density at radius 1 is 1.06 bits per heavy atom. The van der Waals surface area contributed by atoms with Gasteiger partial charge in [0.15, 0.2) is 15.5 Å². The van der Waals surface area contributed by atoms with Crippen LogP contribution < -0.4 is 0 Å². The van der Waals surface area contributed by atoms with Crippen LogP contribution in [0.25, 0.3) is 26.7 Å². The zero-order valence-electron chi connectivity index (χ0n) is 17.2. The molecule has 33 heavy (non-hydrogen) atoms. The summed E-state index contributed by atoms with van der Waals surface area (Å²) in [6.45, 7) is 1.62. The van der Waals surface area contributed by atoms with Crippen LogP contribution in [-0.2, 0) is 16.0 Å². The van der Waals surface area contributed by atoms with E-state index in [4.69, 9.17) is 11.6 Å². The molecule has 5 nitrogen and oxygen atoms in total. The normalized spacial score (nSPS) is 12.3. The van der Waals surface area contributed by atoms with E-state index in [1.54, 1.807) is 31.2 Å². The summed E-state index contributed by atoms with van der Waals surface area (Å²) < 4.78 is 65.2. The van der Waals surface area contributed by atoms with Crippen LogP contribution in [0.2, 0.25) is 5.02 Å². The Morgan fingerprint density at radius 2 is 1.76 bits per heavy atom. The Balaban J connectivity index is 1.87. The number of thiophene rings is 1. The first-order valence-corrected chi connectivity index (χ1v) is 12.5. The molecule has 172 valence electrons. The van der Waals surface area contributed by atoms with Crippen LogP contribution in [-0.4, -0.2) is 29.6 Å². The van der Waals surface area contributed by atoms with Crippen molar-refractivity contribution in [3.05, 3.63) is 70.9 Å². The first-order valence-electron chi connectivity index (χ1n) is 9.42. The number of hydrogen-bond donors (Lipinski definition) is 1. The Morgan fingerprint density at radius 3 is 2.42 bits per heavy atom. The molecule has 0 radical (unpaired) electrons. The van der Waals surface area contributed by atoms with Crippen molar-refractivity contribution in [1.29, 1.82) is 0 Å². The maximum atomic E-state index is 13.5. The molecule has 0 aliphatic carbocycles. The van der Waals surface area contributed by atoms with Crippen LogP contribution in [0.15, 0.2) is 59.5 Å². The largest absolute Gasteiger partial charge is 0.506 e. The number of hydrogen-bond acceptors (Lipinski definition) is 5. The van der Waals surface area contributed by atoms with Crippen LogP contribution >= 0.6 is 22.9 Å². The summed E-state index contributed by atoms with van der Waals surface area (Å²) in [4.78, 5) is 1.25. The molecule has 0 bridgehead atoms. The van der Waals surface area contributed by atoms with Crippen LogP contribution in [0.3, 0.4) is 0 Å². The van der Waals surface area contributed by atoms with E-state index in [0.29, 0.717) is 20.9 Å². The average molecular weight is 513 g/mol. The number of aryl methyl sites for hydroxylation is 1. The van der Waals surface area contributed by atoms with Crippen LogP contribution in [0.1, 0.15) is 11.3 Å². The number of alkyl halides is 3. The molecule has 1 N–H and O–H groups in total. The fourth-order valence-corrected chi connectivity index (χ4v) is 5.17. The highest BCUT2D eigenvalue weighted by molar-refractivity contribution is 7.90. The second-order valence-electron chi connectivity index (χ2n) is 7.35. The predicted octanol–water partition coefficient (Wildman–Crippen LogP) is 6.36. The van der Waals surface area contributed by atoms with Crippen molar-refractivity contribution in [3.8, 4) is 32.4 Å². The van der Waals surface area contributed by atoms with E-state index < -0.39 is 21.7 Å². The first kappa shape index (κ1) is 23.3. The number of nitrogens with zero attached hydrogens (tertiary/aromatic N) is 2. The number of phenolic OH excluding ortho intramolecular Hbond substituents is 1. The summed E-state index contributed by atoms with van der Waals surface area (Å²) in [5.41, 5.74) is 0.199. The maximum Gasteiger partial charge on any atom is 0.435 e. The topological polar surface area (TPSA) is 72.2 Å². The van der Waals surface area contributed by atoms with E-state index in [2.05, 4.69) is 5.10 Å². The van der Waals surface area contributed by atoms with E-state index in [1.165, 1.54) is 35.6 Å². The molecule has 0 spiro atoms. The number of halogens is 4. The van der Waals surface area contributed by atoms with Gasteiger partial charge in [-0.3, -0.25) is 0 Å². The molecule has 0 fully saturated rings. The third kappa shape index (κ3) is 4.50. The summed E-state index contributed by atoms with van der Waals surface area (Å²) in [7, 11) is -3.42. The molecule has 0 aliphatic rings. The fourth-order valence-electron chi connectivity index (χ4n) is 3.20. The molecule has 2 aromatic heterocycles. The average Bonchev–Trinajstić information content (AvgIpc) is 3.39. The van der Waals surface area contributed by atoms with Crippen molar-refractivity contribution in [1.82, 2.24) is 9.78 Å². The van der Waals surface area contributed by atoms with Crippen molar-refractivity contribution in [2.24, 2.45) is 0 Å². The highest BCUT2D eigenvalue weighted by Gasteiger charge is 2.36. The van der Waals surface area contributed by atoms with E-state index in [9.17, 15) is 26.7 Å². The van der Waals surface area contributed by atoms with Gasteiger partial charge in [-0.2, -0.15) is 18.3 Å². The van der Waals surface area contributed by atoms with Crippen molar-refractivity contribution in [2.75, 3.05) is 6.26 Å². The molecule has 0 aliphatic heterocycles. The van der Waals surface area contributed by atoms with Gasteiger partial charge in [0.2, 0.25) is 0 Å². The fraction of sp³-hybridized carbons (Fsp3) is 0.136.